The van der Waals surface area contributed by atoms with Gasteiger partial charge >= 0.3 is 11.9 Å². The fourth-order valence-corrected chi connectivity index (χ4v) is 3.93. The Bertz CT molecular complexity index is 1110. The normalized spacial score (nSPS) is 23.6. The summed E-state index contributed by atoms with van der Waals surface area (Å²) in [6, 6.07) is 27.1. The van der Waals surface area contributed by atoms with Gasteiger partial charge in [-0.15, -0.1) is 0 Å². The van der Waals surface area contributed by atoms with E-state index < -0.39 is 42.6 Å². The molecule has 8 heteroatoms. The largest absolute Gasteiger partial charge is 0.467 e. The first kappa shape index (κ1) is 25.5. The molecule has 0 bridgehead atoms. The maximum absolute atomic E-state index is 12.9. The highest BCUT2D eigenvalue weighted by Gasteiger charge is 2.52. The monoisotopic (exact) mass is 492 g/mol. The van der Waals surface area contributed by atoms with E-state index in [-0.39, 0.29) is 13.2 Å². The standard InChI is InChI=1S/C28H28O8/c1-32-27(30)24-22(33-17-19-11-5-2-6-12-19)23(34-18-20-13-7-3-8-14-20)25(28(31)36-24)35-26(29)21-15-9-4-10-16-21/h2-16,22-25,28,31H,17-18H2,1H3/t22-,23-,24+,25+,28?/m0/s1. The Kier molecular flexibility index (Phi) is 8.80. The summed E-state index contributed by atoms with van der Waals surface area (Å²) in [5.74, 6) is -1.41. The van der Waals surface area contributed by atoms with Gasteiger partial charge in [-0.2, -0.15) is 0 Å². The van der Waals surface area contributed by atoms with Crippen LogP contribution in [0.1, 0.15) is 21.5 Å². The second-order valence-corrected chi connectivity index (χ2v) is 8.23. The molecule has 36 heavy (non-hydrogen) atoms. The minimum Gasteiger partial charge on any atom is -0.467 e. The number of carbonyl (C=O) groups is 2. The van der Waals surface area contributed by atoms with Crippen molar-refractivity contribution in [2.24, 2.45) is 0 Å². The van der Waals surface area contributed by atoms with Crippen molar-refractivity contribution in [3.63, 3.8) is 0 Å². The maximum Gasteiger partial charge on any atom is 0.338 e. The number of methoxy groups -OCH3 is 1. The molecule has 3 aromatic carbocycles. The molecule has 1 aliphatic rings. The van der Waals surface area contributed by atoms with Gasteiger partial charge in [0.25, 0.3) is 0 Å². The second kappa shape index (κ2) is 12.4. The molecule has 0 spiro atoms. The molecule has 1 N–H and O–H groups in total. The first-order valence-corrected chi connectivity index (χ1v) is 11.5. The summed E-state index contributed by atoms with van der Waals surface area (Å²) in [6.45, 7) is 0.250. The summed E-state index contributed by atoms with van der Waals surface area (Å²) in [5.41, 5.74) is 2.00. The zero-order chi connectivity index (χ0) is 25.3. The van der Waals surface area contributed by atoms with E-state index in [1.54, 1.807) is 30.3 Å². The molecular weight excluding hydrogens is 464 g/mol. The third-order valence-corrected chi connectivity index (χ3v) is 5.77. The van der Waals surface area contributed by atoms with Gasteiger partial charge in [0.05, 0.1) is 25.9 Å². The highest BCUT2D eigenvalue weighted by molar-refractivity contribution is 5.89. The molecule has 8 nitrogen and oxygen atoms in total. The van der Waals surface area contributed by atoms with Crippen LogP contribution in [0.3, 0.4) is 0 Å². The summed E-state index contributed by atoms with van der Waals surface area (Å²) < 4.78 is 28.4. The molecule has 1 unspecified atom stereocenters. The molecule has 1 fully saturated rings. The minimum atomic E-state index is -1.65. The topological polar surface area (TPSA) is 101 Å². The van der Waals surface area contributed by atoms with E-state index in [0.29, 0.717) is 5.56 Å². The predicted octanol–water partition coefficient (Wildman–Crippen LogP) is 3.27. The number of carbonyl (C=O) groups excluding carboxylic acids is 2. The number of rotatable bonds is 9. The van der Waals surface area contributed by atoms with Crippen LogP contribution in [0.4, 0.5) is 0 Å². The lowest BCUT2D eigenvalue weighted by Gasteiger charge is -2.42. The summed E-state index contributed by atoms with van der Waals surface area (Å²) in [7, 11) is 1.22. The van der Waals surface area contributed by atoms with Crippen molar-refractivity contribution in [1.82, 2.24) is 0 Å². The van der Waals surface area contributed by atoms with Crippen molar-refractivity contribution < 1.29 is 38.4 Å². The molecule has 0 aromatic heterocycles. The maximum atomic E-state index is 12.9. The van der Waals surface area contributed by atoms with Crippen LogP contribution in [0, 0.1) is 0 Å². The zero-order valence-corrected chi connectivity index (χ0v) is 19.8. The second-order valence-electron chi connectivity index (χ2n) is 8.23. The van der Waals surface area contributed by atoms with Gasteiger partial charge in [-0.05, 0) is 23.3 Å². The lowest BCUT2D eigenvalue weighted by molar-refractivity contribution is -0.297. The van der Waals surface area contributed by atoms with Gasteiger partial charge in [0.1, 0.15) is 12.2 Å². The quantitative estimate of drug-likeness (QED) is 0.455. The Morgan fingerprint density at radius 1 is 0.750 bits per heavy atom. The van der Waals surface area contributed by atoms with Crippen molar-refractivity contribution in [3.8, 4) is 0 Å². The van der Waals surface area contributed by atoms with E-state index in [1.807, 2.05) is 60.7 Å². The Morgan fingerprint density at radius 3 is 1.78 bits per heavy atom. The van der Waals surface area contributed by atoms with E-state index in [9.17, 15) is 14.7 Å². The van der Waals surface area contributed by atoms with Crippen LogP contribution in [-0.4, -0.2) is 54.9 Å². The van der Waals surface area contributed by atoms with E-state index in [4.69, 9.17) is 23.7 Å². The number of esters is 2. The Hall–Kier alpha value is -3.56. The van der Waals surface area contributed by atoms with E-state index in [1.165, 1.54) is 7.11 Å². The summed E-state index contributed by atoms with van der Waals surface area (Å²) in [6.07, 6.45) is -6.32. The summed E-state index contributed by atoms with van der Waals surface area (Å²) in [4.78, 5) is 25.5. The van der Waals surface area contributed by atoms with Gasteiger partial charge in [0.2, 0.25) is 0 Å². The fourth-order valence-electron chi connectivity index (χ4n) is 3.93. The highest BCUT2D eigenvalue weighted by atomic mass is 16.7. The van der Waals surface area contributed by atoms with E-state index >= 15 is 0 Å². The van der Waals surface area contributed by atoms with Crippen molar-refractivity contribution in [2.75, 3.05) is 7.11 Å². The molecule has 0 saturated carbocycles. The minimum absolute atomic E-state index is 0.122. The van der Waals surface area contributed by atoms with Gasteiger partial charge in [-0.3, -0.25) is 0 Å². The Balaban J connectivity index is 1.62. The third kappa shape index (κ3) is 6.35. The van der Waals surface area contributed by atoms with Crippen molar-refractivity contribution >= 4 is 11.9 Å². The average molecular weight is 493 g/mol. The van der Waals surface area contributed by atoms with Crippen LogP contribution in [-0.2, 0) is 41.7 Å². The lowest BCUT2D eigenvalue weighted by atomic mass is 9.97. The number of aliphatic hydroxyl groups excluding tert-OH is 1. The average Bonchev–Trinajstić information content (AvgIpc) is 2.93. The lowest BCUT2D eigenvalue weighted by Crippen LogP contribution is -2.62. The van der Waals surface area contributed by atoms with Gasteiger partial charge in [-0.25, -0.2) is 9.59 Å². The zero-order valence-electron chi connectivity index (χ0n) is 19.8. The van der Waals surface area contributed by atoms with E-state index in [2.05, 4.69) is 0 Å². The number of benzene rings is 3. The molecule has 0 aliphatic carbocycles. The molecule has 1 heterocycles. The number of hydrogen-bond acceptors (Lipinski definition) is 8. The van der Waals surface area contributed by atoms with Crippen LogP contribution >= 0.6 is 0 Å². The van der Waals surface area contributed by atoms with Crippen LogP contribution < -0.4 is 0 Å². The Labute approximate surface area is 209 Å². The molecular formula is C28H28O8. The third-order valence-electron chi connectivity index (χ3n) is 5.77. The van der Waals surface area contributed by atoms with E-state index in [0.717, 1.165) is 11.1 Å². The summed E-state index contributed by atoms with van der Waals surface area (Å²) in [5, 5.41) is 10.8. The molecule has 188 valence electrons. The van der Waals surface area contributed by atoms with Crippen LogP contribution in [0.25, 0.3) is 0 Å². The molecule has 4 rings (SSSR count). The van der Waals surface area contributed by atoms with Crippen LogP contribution in [0.2, 0.25) is 0 Å². The van der Waals surface area contributed by atoms with Crippen molar-refractivity contribution in [3.05, 3.63) is 108 Å². The van der Waals surface area contributed by atoms with Crippen molar-refractivity contribution in [2.45, 2.75) is 43.9 Å². The molecule has 1 saturated heterocycles. The number of aliphatic hydroxyl groups is 1. The summed E-state index contributed by atoms with van der Waals surface area (Å²) >= 11 is 0. The molecule has 3 aromatic rings. The predicted molar refractivity (Wildman–Crippen MR) is 129 cm³/mol. The first-order valence-electron chi connectivity index (χ1n) is 11.5. The SMILES string of the molecule is COC(=O)[C@@H]1OC(O)[C@H](OC(=O)c2ccccc2)[C@@H](OCc2ccccc2)[C@@H]1OCc1ccccc1. The van der Waals surface area contributed by atoms with Crippen molar-refractivity contribution in [1.29, 1.82) is 0 Å². The number of ether oxygens (including phenoxy) is 5. The smallest absolute Gasteiger partial charge is 0.338 e. The van der Waals surface area contributed by atoms with Gasteiger partial charge in [-0.1, -0.05) is 78.9 Å². The van der Waals surface area contributed by atoms with Gasteiger partial charge in [0.15, 0.2) is 18.5 Å². The molecule has 5 atom stereocenters. The van der Waals surface area contributed by atoms with Crippen LogP contribution in [0.15, 0.2) is 91.0 Å². The first-order chi connectivity index (χ1) is 17.6. The fraction of sp³-hybridized carbons (Fsp3) is 0.286. The van der Waals surface area contributed by atoms with Gasteiger partial charge < -0.3 is 28.8 Å². The number of hydrogen-bond donors (Lipinski definition) is 1. The molecule has 0 radical (unpaired) electrons. The molecule has 0 amide bonds. The van der Waals surface area contributed by atoms with Crippen LogP contribution in [0.5, 0.6) is 0 Å². The highest BCUT2D eigenvalue weighted by Crippen LogP contribution is 2.30. The van der Waals surface area contributed by atoms with Gasteiger partial charge in [0, 0.05) is 0 Å². The Morgan fingerprint density at radius 2 is 1.25 bits per heavy atom. The molecule has 1 aliphatic heterocycles.